The van der Waals surface area contributed by atoms with Gasteiger partial charge in [-0.05, 0) is 33.7 Å². The van der Waals surface area contributed by atoms with Gasteiger partial charge in [0.15, 0.2) is 0 Å². The molecule has 0 unspecified atom stereocenters. The van der Waals surface area contributed by atoms with Crippen LogP contribution in [0.1, 0.15) is 10.4 Å². The van der Waals surface area contributed by atoms with Gasteiger partial charge in [-0.3, -0.25) is 0 Å². The fourth-order valence-corrected chi connectivity index (χ4v) is 6.11. The Morgan fingerprint density at radius 2 is 0.725 bits per heavy atom. The average Bonchev–Trinajstić information content (AvgIpc) is 3.88. The van der Waals surface area contributed by atoms with E-state index in [0.717, 1.165) is 43.8 Å². The van der Waals surface area contributed by atoms with E-state index in [1.54, 1.807) is 12.1 Å². The number of hydrogen-bond donors (Lipinski definition) is 2. The Kier molecular flexibility index (Phi) is 7.90. The first-order chi connectivity index (χ1) is 24.5. The monoisotopic (exact) mass is 698 g/mol. The molecule has 12 heteroatoms. The maximum atomic E-state index is 10.3. The number of aromatic nitrogens is 8. The van der Waals surface area contributed by atoms with E-state index in [1.165, 1.54) is 12.1 Å². The molecule has 8 aromatic rings. The van der Waals surface area contributed by atoms with Crippen molar-refractivity contribution in [1.82, 2.24) is 39.9 Å². The van der Waals surface area contributed by atoms with Gasteiger partial charge in [-0.15, -0.1) is 0 Å². The van der Waals surface area contributed by atoms with Gasteiger partial charge in [-0.1, -0.05) is 109 Å². The van der Waals surface area contributed by atoms with Crippen molar-refractivity contribution in [3.05, 3.63) is 127 Å². The van der Waals surface area contributed by atoms with Crippen LogP contribution in [0.2, 0.25) is 0 Å². The Balaban J connectivity index is 0.000000297. The van der Waals surface area contributed by atoms with Crippen LogP contribution < -0.4 is 9.97 Å². The molecule has 0 saturated carbocycles. The molecule has 10 rings (SSSR count). The Bertz CT molecular complexity index is 2530. The summed E-state index contributed by atoms with van der Waals surface area (Å²) in [4.78, 5) is 49.5. The first-order valence-electron chi connectivity index (χ1n) is 15.6. The molecule has 5 aromatic carbocycles. The van der Waals surface area contributed by atoms with Gasteiger partial charge in [0, 0.05) is 44.8 Å². The Hall–Kier alpha value is -6.56. The number of nitrogens with zero attached hydrogens (tertiary/aromatic N) is 8. The summed E-state index contributed by atoms with van der Waals surface area (Å²) in [5, 5.41) is 20.9. The van der Waals surface area contributed by atoms with Gasteiger partial charge in [0.25, 0.3) is 0 Å². The summed E-state index contributed by atoms with van der Waals surface area (Å²) in [5.74, 6) is 0.896. The van der Waals surface area contributed by atoms with Crippen molar-refractivity contribution in [1.29, 1.82) is 0 Å². The van der Waals surface area contributed by atoms with Crippen LogP contribution in [0.3, 0.4) is 0 Å². The van der Waals surface area contributed by atoms with Gasteiger partial charge in [0.1, 0.15) is 11.3 Å². The Morgan fingerprint density at radius 3 is 1.02 bits per heavy atom. The van der Waals surface area contributed by atoms with Crippen molar-refractivity contribution < 1.29 is 36.7 Å². The quantitative estimate of drug-likeness (QED) is 0.167. The third kappa shape index (κ3) is 5.50. The molecule has 0 amide bonds. The zero-order valence-corrected chi connectivity index (χ0v) is 28.0. The van der Waals surface area contributed by atoms with Crippen LogP contribution in [-0.4, -0.2) is 46.1 Å². The largest absolute Gasteiger partial charge is 2.00 e. The third-order valence-electron chi connectivity index (χ3n) is 8.46. The third-order valence-corrected chi connectivity index (χ3v) is 8.46. The molecule has 8 bridgehead atoms. The van der Waals surface area contributed by atoms with E-state index in [9.17, 15) is 4.79 Å². The topological polar surface area (TPSA) is 163 Å². The minimum atomic E-state index is -1.11. The average molecular weight is 699 g/mol. The minimum absolute atomic E-state index is 0. The molecule has 2 aliphatic rings. The fraction of sp³-hybridized carbons (Fsp3) is 0. The molecule has 2 N–H and O–H groups in total. The van der Waals surface area contributed by atoms with Crippen LogP contribution in [0.5, 0.6) is 5.75 Å². The number of phenols is 1. The summed E-state index contributed by atoms with van der Waals surface area (Å²) in [5.41, 5.74) is 5.71. The van der Waals surface area contributed by atoms with Crippen molar-refractivity contribution in [2.45, 2.75) is 0 Å². The van der Waals surface area contributed by atoms with Gasteiger partial charge in [0.2, 0.25) is 0 Å². The maximum absolute atomic E-state index is 10.3. The van der Waals surface area contributed by atoms with Crippen molar-refractivity contribution in [2.24, 2.45) is 0 Å². The summed E-state index contributed by atoms with van der Waals surface area (Å²) < 4.78 is 0. The molecule has 0 aliphatic carbocycles. The molecule has 51 heavy (non-hydrogen) atoms. The van der Waals surface area contributed by atoms with Crippen LogP contribution >= 0.6 is 0 Å². The second kappa shape index (κ2) is 12.7. The molecule has 0 fully saturated rings. The van der Waals surface area contributed by atoms with Crippen molar-refractivity contribution in [3.63, 3.8) is 0 Å². The Labute approximate surface area is 303 Å². The van der Waals surface area contributed by atoms with Crippen LogP contribution in [-0.2, 0) is 21.7 Å². The number of carbonyl (C=O) groups is 1. The van der Waals surface area contributed by atoms with Crippen LogP contribution in [0.4, 0.5) is 0 Å². The van der Waals surface area contributed by atoms with Crippen LogP contribution in [0.25, 0.3) is 89.7 Å². The number of para-hydroxylation sites is 1. The second-order valence-electron chi connectivity index (χ2n) is 11.5. The van der Waals surface area contributed by atoms with Crippen molar-refractivity contribution >= 4 is 50.1 Å². The summed E-state index contributed by atoms with van der Waals surface area (Å²) in [7, 11) is 0. The summed E-state index contributed by atoms with van der Waals surface area (Å²) >= 11 is 0. The first kappa shape index (κ1) is 31.7. The van der Waals surface area contributed by atoms with Gasteiger partial charge in [-0.2, -0.15) is 0 Å². The van der Waals surface area contributed by atoms with E-state index in [-0.39, 0.29) is 33.0 Å². The van der Waals surface area contributed by atoms with E-state index in [2.05, 4.69) is 0 Å². The number of benzene rings is 5. The normalized spacial score (nSPS) is 11.2. The molecule has 2 aliphatic heterocycles. The smallest absolute Gasteiger partial charge is 0.507 e. The molecular weight excluding hydrogens is 676 g/mol. The van der Waals surface area contributed by atoms with Gasteiger partial charge in [-0.25, -0.2) is 14.8 Å². The van der Waals surface area contributed by atoms with Crippen molar-refractivity contribution in [2.75, 3.05) is 0 Å². The maximum Gasteiger partial charge on any atom is 2.00 e. The van der Waals surface area contributed by atoms with Gasteiger partial charge >= 0.3 is 27.7 Å². The molecule has 0 spiro atoms. The number of rotatable bonds is 1. The molecule has 240 valence electrons. The number of carboxylic acids is 1. The molecule has 0 radical (unpaired) electrons. The van der Waals surface area contributed by atoms with Crippen LogP contribution in [0, 0.1) is 0 Å². The standard InChI is InChI=1S/C32H16N8.C7H6O3.Ti/c1-2-10-18-17(9-1)25-33-26(18)38-28-21-13-5-6-14-22(21)30(35-28)40-32-24-16-8-7-15-23(24)31(36-32)39-29-20-12-4-3-11-19(20)27(34-29)37-25;8-6-4-2-1-3-5(6)7(9)10;/h1-16H;1-4,8H,(H,9,10);/q-2;;+2. The van der Waals surface area contributed by atoms with E-state index in [1.807, 2.05) is 97.1 Å². The molecular formula is C39H22N8O3Ti. The molecule has 3 aromatic heterocycles. The predicted octanol–water partition coefficient (Wildman–Crippen LogP) is 7.22. The van der Waals surface area contributed by atoms with Gasteiger partial charge in [0.05, 0.1) is 23.3 Å². The molecule has 0 saturated heterocycles. The molecule has 5 heterocycles. The van der Waals surface area contributed by atoms with E-state index < -0.39 is 5.97 Å². The van der Waals surface area contributed by atoms with Crippen LogP contribution in [0.15, 0.2) is 121 Å². The van der Waals surface area contributed by atoms with Crippen molar-refractivity contribution in [3.8, 4) is 51.3 Å². The Morgan fingerprint density at radius 1 is 0.431 bits per heavy atom. The summed E-state index contributed by atoms with van der Waals surface area (Å²) in [6, 6.07) is 37.6. The molecule has 0 atom stereocenters. The summed E-state index contributed by atoms with van der Waals surface area (Å²) in [6.07, 6.45) is 0. The zero-order valence-electron chi connectivity index (χ0n) is 26.4. The number of aromatic carboxylic acids is 1. The second-order valence-corrected chi connectivity index (χ2v) is 11.5. The first-order valence-corrected chi connectivity index (χ1v) is 15.6. The number of hydrogen-bond acceptors (Lipinski definition) is 8. The minimum Gasteiger partial charge on any atom is -0.507 e. The van der Waals surface area contributed by atoms with Gasteiger partial charge < -0.3 is 40.1 Å². The summed E-state index contributed by atoms with van der Waals surface area (Å²) in [6.45, 7) is 0. The predicted molar refractivity (Wildman–Crippen MR) is 189 cm³/mol. The van der Waals surface area contributed by atoms with E-state index in [0.29, 0.717) is 45.9 Å². The number of aromatic hydroxyl groups is 1. The number of carboxylic acid groups (broad SMARTS) is 1. The zero-order chi connectivity index (χ0) is 33.8. The fourth-order valence-electron chi connectivity index (χ4n) is 6.11. The molecule has 11 nitrogen and oxygen atoms in total. The SMILES string of the molecule is O=C(O)c1ccccc1O.[Ti+2].c1ccc2c(c1)-c1nc-2nc2[n-]c(nc3nc(nc4[n-]c(n1)c1ccccc41)-c1ccccc1-3)c1ccccc21. The van der Waals surface area contributed by atoms with E-state index in [4.69, 9.17) is 50.1 Å². The number of fused-ring (bicyclic) bond motifs is 20. The van der Waals surface area contributed by atoms with E-state index >= 15 is 0 Å².